The van der Waals surface area contributed by atoms with Crippen molar-refractivity contribution >= 4 is 44.9 Å². The molecule has 0 aliphatic carbocycles. The number of anilines is 1. The number of fused-ring (bicyclic) bond motifs is 1. The Bertz CT molecular complexity index is 1720. The highest BCUT2D eigenvalue weighted by Crippen LogP contribution is 2.38. The number of hydrogen-bond donors (Lipinski definition) is 1. The minimum Gasteiger partial charge on any atom is -0.325 e. The number of nitrogens with zero attached hydrogens (tertiary/aromatic N) is 2. The van der Waals surface area contributed by atoms with Crippen molar-refractivity contribution in [3.8, 4) is 16.8 Å². The van der Waals surface area contributed by atoms with Gasteiger partial charge in [-0.3, -0.25) is 14.2 Å². The third-order valence-corrected chi connectivity index (χ3v) is 8.14. The zero-order valence-corrected chi connectivity index (χ0v) is 22.5. The van der Waals surface area contributed by atoms with Gasteiger partial charge in [-0.1, -0.05) is 72.4 Å². The molecule has 3 aromatic carbocycles. The van der Waals surface area contributed by atoms with E-state index in [1.165, 1.54) is 34.1 Å². The molecule has 5 nitrogen and oxygen atoms in total. The van der Waals surface area contributed by atoms with Gasteiger partial charge < -0.3 is 5.32 Å². The molecule has 1 unspecified atom stereocenters. The lowest BCUT2D eigenvalue weighted by Gasteiger charge is -2.18. The summed E-state index contributed by atoms with van der Waals surface area (Å²) < 4.78 is 41.8. The van der Waals surface area contributed by atoms with Crippen LogP contribution >= 0.6 is 23.1 Å². The van der Waals surface area contributed by atoms with Gasteiger partial charge in [0.25, 0.3) is 5.56 Å². The van der Waals surface area contributed by atoms with E-state index in [4.69, 9.17) is 4.98 Å². The van der Waals surface area contributed by atoms with Crippen molar-refractivity contribution in [3.63, 3.8) is 0 Å². The van der Waals surface area contributed by atoms with Crippen LogP contribution < -0.4 is 10.9 Å². The third kappa shape index (κ3) is 5.35. The first kappa shape index (κ1) is 26.7. The average Bonchev–Trinajstić information content (AvgIpc) is 3.25. The minimum atomic E-state index is -4.62. The fourth-order valence-corrected chi connectivity index (χ4v) is 6.28. The fraction of sp³-hybridized carbons (Fsp3) is 0.138. The molecule has 0 spiro atoms. The number of halogens is 3. The summed E-state index contributed by atoms with van der Waals surface area (Å²) in [6.07, 6.45) is -4.62. The van der Waals surface area contributed by atoms with Crippen LogP contribution in [-0.4, -0.2) is 20.7 Å². The number of rotatable bonds is 6. The molecule has 39 heavy (non-hydrogen) atoms. The van der Waals surface area contributed by atoms with Gasteiger partial charge in [0, 0.05) is 10.4 Å². The molecule has 0 radical (unpaired) electrons. The molecule has 0 bridgehead atoms. The number of para-hydroxylation sites is 2. The predicted molar refractivity (Wildman–Crippen MR) is 151 cm³/mol. The summed E-state index contributed by atoms with van der Waals surface area (Å²) in [5.74, 6) is -0.641. The Morgan fingerprint density at radius 1 is 0.974 bits per heavy atom. The summed E-state index contributed by atoms with van der Waals surface area (Å²) in [5, 5.41) is 2.28. The van der Waals surface area contributed by atoms with Gasteiger partial charge in [-0.05, 0) is 43.7 Å². The molecule has 0 saturated carbocycles. The van der Waals surface area contributed by atoms with E-state index in [9.17, 15) is 22.8 Å². The van der Waals surface area contributed by atoms with E-state index < -0.39 is 22.9 Å². The van der Waals surface area contributed by atoms with Crippen molar-refractivity contribution in [1.29, 1.82) is 0 Å². The molecule has 1 amide bonds. The number of carbonyl (C=O) groups is 1. The normalized spacial score (nSPS) is 12.4. The molecule has 2 heterocycles. The van der Waals surface area contributed by atoms with Crippen LogP contribution in [0.15, 0.2) is 94.9 Å². The number of thiophene rings is 1. The van der Waals surface area contributed by atoms with E-state index in [0.29, 0.717) is 15.9 Å². The van der Waals surface area contributed by atoms with E-state index in [1.807, 2.05) is 43.3 Å². The molecule has 1 atom stereocenters. The molecule has 2 aromatic heterocycles. The van der Waals surface area contributed by atoms with E-state index >= 15 is 0 Å². The van der Waals surface area contributed by atoms with Crippen LogP contribution in [0.5, 0.6) is 0 Å². The zero-order chi connectivity index (χ0) is 27.7. The highest BCUT2D eigenvalue weighted by molar-refractivity contribution is 8.00. The molecular formula is C29H22F3N3O2S2. The number of nitrogens with one attached hydrogen (secondary N) is 1. The second kappa shape index (κ2) is 10.7. The highest BCUT2D eigenvalue weighted by atomic mass is 32.2. The van der Waals surface area contributed by atoms with Gasteiger partial charge in [0.2, 0.25) is 5.91 Å². The van der Waals surface area contributed by atoms with Gasteiger partial charge in [0.1, 0.15) is 4.83 Å². The van der Waals surface area contributed by atoms with E-state index in [1.54, 1.807) is 31.2 Å². The van der Waals surface area contributed by atoms with Crippen molar-refractivity contribution in [3.05, 3.63) is 106 Å². The van der Waals surface area contributed by atoms with Crippen molar-refractivity contribution < 1.29 is 18.0 Å². The number of carbonyl (C=O) groups excluding carboxylic acids is 1. The number of benzene rings is 3. The summed E-state index contributed by atoms with van der Waals surface area (Å²) in [4.78, 5) is 33.3. The van der Waals surface area contributed by atoms with Gasteiger partial charge in [-0.15, -0.1) is 11.3 Å². The van der Waals surface area contributed by atoms with E-state index in [-0.39, 0.29) is 16.4 Å². The third-order valence-electron chi connectivity index (χ3n) is 6.09. The van der Waals surface area contributed by atoms with Gasteiger partial charge in [0.05, 0.1) is 27.6 Å². The lowest BCUT2D eigenvalue weighted by molar-refractivity contribution is -0.137. The Labute approximate surface area is 230 Å². The average molecular weight is 566 g/mol. The first-order valence-electron chi connectivity index (χ1n) is 12.0. The Balaban J connectivity index is 1.58. The summed E-state index contributed by atoms with van der Waals surface area (Å²) in [7, 11) is 0. The smallest absolute Gasteiger partial charge is 0.325 e. The summed E-state index contributed by atoms with van der Waals surface area (Å²) in [5.41, 5.74) is 0.732. The van der Waals surface area contributed by atoms with Gasteiger partial charge in [-0.25, -0.2) is 4.98 Å². The maximum absolute atomic E-state index is 14.0. The van der Waals surface area contributed by atoms with Crippen LogP contribution in [-0.2, 0) is 11.0 Å². The number of aryl methyl sites for hydroxylation is 1. The number of thioether (sulfide) groups is 1. The fourth-order valence-electron chi connectivity index (χ4n) is 4.26. The van der Waals surface area contributed by atoms with Gasteiger partial charge in [0.15, 0.2) is 5.16 Å². The number of hydrogen-bond acceptors (Lipinski definition) is 5. The first-order valence-corrected chi connectivity index (χ1v) is 13.7. The van der Waals surface area contributed by atoms with Crippen molar-refractivity contribution in [2.45, 2.75) is 30.4 Å². The van der Waals surface area contributed by atoms with Crippen molar-refractivity contribution in [2.75, 3.05) is 5.32 Å². The lowest BCUT2D eigenvalue weighted by Crippen LogP contribution is -2.27. The minimum absolute atomic E-state index is 0.270. The lowest BCUT2D eigenvalue weighted by atomic mass is 10.0. The molecule has 10 heteroatoms. The predicted octanol–water partition coefficient (Wildman–Crippen LogP) is 7.56. The number of aromatic nitrogens is 2. The summed E-state index contributed by atoms with van der Waals surface area (Å²) >= 11 is 2.40. The molecule has 0 saturated heterocycles. The van der Waals surface area contributed by atoms with Crippen LogP contribution in [0.25, 0.3) is 27.0 Å². The van der Waals surface area contributed by atoms with Gasteiger partial charge in [-0.2, -0.15) is 13.2 Å². The molecule has 0 fully saturated rings. The molecule has 0 aliphatic heterocycles. The first-order chi connectivity index (χ1) is 18.6. The van der Waals surface area contributed by atoms with E-state index in [0.717, 1.165) is 33.8 Å². The Hall–Kier alpha value is -3.89. The number of amides is 1. The van der Waals surface area contributed by atoms with Crippen LogP contribution in [0.4, 0.5) is 18.9 Å². The molecule has 198 valence electrons. The quantitative estimate of drug-likeness (QED) is 0.170. The van der Waals surface area contributed by atoms with Gasteiger partial charge >= 0.3 is 6.18 Å². The SMILES string of the molecule is Cc1sc2nc(SC(C)C(=O)Nc3ccccc3C(F)(F)F)n(-c3ccccc3)c(=O)c2c1-c1ccccc1. The zero-order valence-electron chi connectivity index (χ0n) is 20.8. The molecule has 5 aromatic rings. The second-order valence-corrected chi connectivity index (χ2v) is 11.3. The Morgan fingerprint density at radius 3 is 2.26 bits per heavy atom. The maximum atomic E-state index is 14.0. The summed E-state index contributed by atoms with van der Waals surface area (Å²) in [6.45, 7) is 3.50. The highest BCUT2D eigenvalue weighted by Gasteiger charge is 2.34. The van der Waals surface area contributed by atoms with Crippen LogP contribution in [0.3, 0.4) is 0 Å². The van der Waals surface area contributed by atoms with E-state index in [2.05, 4.69) is 5.32 Å². The second-order valence-electron chi connectivity index (χ2n) is 8.74. The Morgan fingerprint density at radius 2 is 1.59 bits per heavy atom. The molecule has 5 rings (SSSR count). The molecule has 1 N–H and O–H groups in total. The Kier molecular flexibility index (Phi) is 7.33. The molecular weight excluding hydrogens is 543 g/mol. The van der Waals surface area contributed by atoms with Crippen molar-refractivity contribution in [2.24, 2.45) is 0 Å². The summed E-state index contributed by atoms with van der Waals surface area (Å²) in [6, 6.07) is 23.4. The van der Waals surface area contributed by atoms with Crippen LogP contribution in [0, 0.1) is 6.92 Å². The van der Waals surface area contributed by atoms with Crippen LogP contribution in [0.1, 0.15) is 17.4 Å². The number of alkyl halides is 3. The largest absolute Gasteiger partial charge is 0.418 e. The topological polar surface area (TPSA) is 64.0 Å². The molecule has 0 aliphatic rings. The van der Waals surface area contributed by atoms with Crippen LogP contribution in [0.2, 0.25) is 0 Å². The maximum Gasteiger partial charge on any atom is 0.418 e. The van der Waals surface area contributed by atoms with Crippen molar-refractivity contribution in [1.82, 2.24) is 9.55 Å². The monoisotopic (exact) mass is 565 g/mol. The standard InChI is InChI=1S/C29H22F3N3O2S2/c1-17-23(19-11-5-3-6-12-19)24-26(38-17)34-28(35(27(24)37)20-13-7-4-8-14-20)39-18(2)25(36)33-22-16-10-9-15-21(22)29(30,31)32/h3-16,18H,1-2H3,(H,33,36).